The highest BCUT2D eigenvalue weighted by molar-refractivity contribution is 7.07. The van der Waals surface area contributed by atoms with Crippen LogP contribution in [0.2, 0.25) is 0 Å². The number of benzene rings is 1. The molecule has 2 aromatic rings. The number of urea groups is 1. The first-order chi connectivity index (χ1) is 11.7. The largest absolute Gasteiger partial charge is 0.336 e. The summed E-state index contributed by atoms with van der Waals surface area (Å²) < 4.78 is 0. The number of hydrogen-bond donors (Lipinski definition) is 1. The molecule has 3 amide bonds. The van der Waals surface area contributed by atoms with Gasteiger partial charge in [-0.05, 0) is 18.6 Å². The van der Waals surface area contributed by atoms with Crippen LogP contribution in [0.5, 0.6) is 0 Å². The first-order valence-electron chi connectivity index (χ1n) is 7.94. The third-order valence-electron chi connectivity index (χ3n) is 4.74. The van der Waals surface area contributed by atoms with Crippen LogP contribution in [0.25, 0.3) is 0 Å². The van der Waals surface area contributed by atoms with E-state index in [1.54, 1.807) is 10.9 Å². The van der Waals surface area contributed by atoms with Crippen LogP contribution in [0.15, 0.2) is 41.2 Å². The van der Waals surface area contributed by atoms with Crippen LogP contribution in [0.3, 0.4) is 0 Å². The molecule has 2 saturated heterocycles. The maximum atomic E-state index is 12.4. The molecule has 7 heteroatoms. The van der Waals surface area contributed by atoms with Gasteiger partial charge in [-0.1, -0.05) is 18.2 Å². The van der Waals surface area contributed by atoms with Gasteiger partial charge in [0.05, 0.1) is 5.51 Å². The Labute approximate surface area is 144 Å². The van der Waals surface area contributed by atoms with Crippen molar-refractivity contribution in [3.05, 3.63) is 46.9 Å². The lowest BCUT2D eigenvalue weighted by molar-refractivity contribution is 0.0122. The van der Waals surface area contributed by atoms with E-state index in [4.69, 9.17) is 0 Å². The molecule has 1 aromatic heterocycles. The fourth-order valence-corrected chi connectivity index (χ4v) is 4.00. The quantitative estimate of drug-likeness (QED) is 0.912. The Morgan fingerprint density at radius 2 is 1.88 bits per heavy atom. The number of carbonyl (C=O) groups is 2. The Balaban J connectivity index is 1.33. The number of aromatic nitrogens is 1. The number of carbonyl (C=O) groups excluding carboxylic acids is 2. The highest BCUT2D eigenvalue weighted by atomic mass is 32.1. The molecule has 4 rings (SSSR count). The van der Waals surface area contributed by atoms with Gasteiger partial charge in [-0.2, -0.15) is 0 Å². The van der Waals surface area contributed by atoms with Crippen molar-refractivity contribution in [3.8, 4) is 0 Å². The minimum Gasteiger partial charge on any atom is -0.336 e. The Bertz CT molecular complexity index is 741. The molecular formula is C17H18N4O2S. The summed E-state index contributed by atoms with van der Waals surface area (Å²) in [5, 5.41) is 4.70. The number of rotatable bonds is 2. The zero-order valence-electron chi connectivity index (χ0n) is 13.1. The Kier molecular flexibility index (Phi) is 3.72. The zero-order chi connectivity index (χ0) is 16.6. The summed E-state index contributed by atoms with van der Waals surface area (Å²) >= 11 is 1.43. The van der Waals surface area contributed by atoms with Gasteiger partial charge in [-0.3, -0.25) is 4.79 Å². The van der Waals surface area contributed by atoms with Gasteiger partial charge in [0, 0.05) is 42.7 Å². The smallest absolute Gasteiger partial charge is 0.321 e. The Morgan fingerprint density at radius 1 is 1.12 bits per heavy atom. The third-order valence-corrected chi connectivity index (χ3v) is 5.33. The molecule has 1 aromatic carbocycles. The molecule has 1 spiro atoms. The van der Waals surface area contributed by atoms with Gasteiger partial charge in [0.25, 0.3) is 5.91 Å². The third kappa shape index (κ3) is 2.75. The number of thiazole rings is 1. The van der Waals surface area contributed by atoms with Crippen LogP contribution in [0, 0.1) is 5.41 Å². The predicted molar refractivity (Wildman–Crippen MR) is 92.1 cm³/mol. The maximum Gasteiger partial charge on any atom is 0.321 e. The predicted octanol–water partition coefficient (Wildman–Crippen LogP) is 2.52. The van der Waals surface area contributed by atoms with Crippen LogP contribution in [0.1, 0.15) is 16.9 Å². The van der Waals surface area contributed by atoms with E-state index in [0.29, 0.717) is 25.3 Å². The fraction of sp³-hybridized carbons (Fsp3) is 0.353. The highest BCUT2D eigenvalue weighted by Gasteiger charge is 2.50. The maximum absolute atomic E-state index is 12.4. The number of hydrogen-bond acceptors (Lipinski definition) is 4. The van der Waals surface area contributed by atoms with Crippen molar-refractivity contribution in [2.75, 3.05) is 31.5 Å². The summed E-state index contributed by atoms with van der Waals surface area (Å²) in [5.41, 5.74) is 3.05. The van der Waals surface area contributed by atoms with E-state index in [0.717, 1.165) is 18.7 Å². The van der Waals surface area contributed by atoms with Gasteiger partial charge in [-0.15, -0.1) is 11.3 Å². The van der Waals surface area contributed by atoms with E-state index in [1.165, 1.54) is 11.3 Å². The van der Waals surface area contributed by atoms with E-state index in [2.05, 4.69) is 10.3 Å². The highest BCUT2D eigenvalue weighted by Crippen LogP contribution is 2.40. The number of nitrogens with one attached hydrogen (secondary N) is 1. The minimum atomic E-state index is -0.0673. The van der Waals surface area contributed by atoms with Crippen LogP contribution >= 0.6 is 11.3 Å². The van der Waals surface area contributed by atoms with Crippen LogP contribution < -0.4 is 5.32 Å². The van der Waals surface area contributed by atoms with Crippen molar-refractivity contribution < 1.29 is 9.59 Å². The topological polar surface area (TPSA) is 65.5 Å². The molecule has 1 N–H and O–H groups in total. The first-order valence-corrected chi connectivity index (χ1v) is 8.88. The Morgan fingerprint density at radius 3 is 2.58 bits per heavy atom. The van der Waals surface area contributed by atoms with Gasteiger partial charge in [0.2, 0.25) is 0 Å². The van der Waals surface area contributed by atoms with Crippen molar-refractivity contribution in [1.82, 2.24) is 14.8 Å². The summed E-state index contributed by atoms with van der Waals surface area (Å²) in [6, 6.07) is 9.40. The molecule has 6 nitrogen and oxygen atoms in total. The van der Waals surface area contributed by atoms with E-state index < -0.39 is 0 Å². The van der Waals surface area contributed by atoms with Gasteiger partial charge in [0.1, 0.15) is 5.69 Å². The van der Waals surface area contributed by atoms with Gasteiger partial charge in [-0.25, -0.2) is 9.78 Å². The molecule has 0 atom stereocenters. The van der Waals surface area contributed by atoms with Gasteiger partial charge in [0.15, 0.2) is 0 Å². The number of likely N-dealkylation sites (tertiary alicyclic amines) is 2. The standard InChI is InChI=1S/C17H18N4O2S/c22-15(14-8-24-12-18-14)21-10-17(11-21)6-7-20(9-17)16(23)19-13-4-2-1-3-5-13/h1-5,8,12H,6-7,9-11H2,(H,19,23). The molecule has 24 heavy (non-hydrogen) atoms. The number of amides is 3. The average Bonchev–Trinajstić information content (AvgIpc) is 3.24. The summed E-state index contributed by atoms with van der Waals surface area (Å²) in [4.78, 5) is 32.4. The van der Waals surface area contributed by atoms with Crippen molar-refractivity contribution in [3.63, 3.8) is 0 Å². The normalized spacial score (nSPS) is 18.5. The monoisotopic (exact) mass is 342 g/mol. The second-order valence-corrected chi connectivity index (χ2v) is 7.22. The zero-order valence-corrected chi connectivity index (χ0v) is 14.0. The van der Waals surface area contributed by atoms with E-state index in [1.807, 2.05) is 40.1 Å². The number of anilines is 1. The summed E-state index contributed by atoms with van der Waals surface area (Å²) in [6.07, 6.45) is 0.941. The molecule has 2 fully saturated rings. The SMILES string of the molecule is O=C(Nc1ccccc1)N1CCC2(C1)CN(C(=O)c1cscn1)C2. The molecule has 124 valence electrons. The molecule has 0 saturated carbocycles. The van der Waals surface area contributed by atoms with Gasteiger partial charge >= 0.3 is 6.03 Å². The average molecular weight is 342 g/mol. The first kappa shape index (κ1) is 15.1. The second-order valence-electron chi connectivity index (χ2n) is 6.50. The van der Waals surface area contributed by atoms with Crippen LogP contribution in [0.4, 0.5) is 10.5 Å². The molecular weight excluding hydrogens is 324 g/mol. The van der Waals surface area contributed by atoms with Crippen molar-refractivity contribution in [2.24, 2.45) is 5.41 Å². The van der Waals surface area contributed by atoms with Crippen molar-refractivity contribution in [2.45, 2.75) is 6.42 Å². The molecule has 0 aliphatic carbocycles. The van der Waals surface area contributed by atoms with Crippen LogP contribution in [-0.2, 0) is 0 Å². The Hall–Kier alpha value is -2.41. The van der Waals surface area contributed by atoms with E-state index >= 15 is 0 Å². The lowest BCUT2D eigenvalue weighted by Gasteiger charge is -2.47. The van der Waals surface area contributed by atoms with Crippen molar-refractivity contribution in [1.29, 1.82) is 0 Å². The summed E-state index contributed by atoms with van der Waals surface area (Å²) in [6.45, 7) is 2.85. The van der Waals surface area contributed by atoms with Crippen LogP contribution in [-0.4, -0.2) is 52.9 Å². The van der Waals surface area contributed by atoms with Gasteiger partial charge < -0.3 is 15.1 Å². The minimum absolute atomic E-state index is 0.00550. The lowest BCUT2D eigenvalue weighted by atomic mass is 9.79. The van der Waals surface area contributed by atoms with Crippen molar-refractivity contribution >= 4 is 29.0 Å². The fourth-order valence-electron chi connectivity index (χ4n) is 3.48. The summed E-state index contributed by atoms with van der Waals surface area (Å²) in [5.74, 6) is -0.00550. The van der Waals surface area contributed by atoms with E-state index in [9.17, 15) is 9.59 Å². The molecule has 0 unspecified atom stereocenters. The lowest BCUT2D eigenvalue weighted by Crippen LogP contribution is -2.59. The second kappa shape index (κ2) is 5.90. The molecule has 2 aliphatic rings. The molecule has 2 aliphatic heterocycles. The molecule has 0 radical (unpaired) electrons. The molecule has 3 heterocycles. The summed E-state index contributed by atoms with van der Waals surface area (Å²) in [7, 11) is 0. The number of para-hydroxylation sites is 1. The number of nitrogens with zero attached hydrogens (tertiary/aromatic N) is 3. The van der Waals surface area contributed by atoms with E-state index in [-0.39, 0.29) is 17.4 Å². The molecule has 0 bridgehead atoms.